The van der Waals surface area contributed by atoms with E-state index in [1.807, 2.05) is 0 Å². The Bertz CT molecular complexity index is 132. The molecule has 0 rings (SSSR count). The normalized spacial score (nSPS) is 9.67. The van der Waals surface area contributed by atoms with E-state index in [0.29, 0.717) is 6.42 Å². The Morgan fingerprint density at radius 3 is 1.67 bits per heavy atom. The molecule has 0 aromatic heterocycles. The van der Waals surface area contributed by atoms with E-state index in [4.69, 9.17) is 5.11 Å². The molecule has 0 aliphatic heterocycles. The molecule has 2 nitrogen and oxygen atoms in total. The quantitative estimate of drug-likeness (QED) is 0.552. The van der Waals surface area contributed by atoms with Gasteiger partial charge in [-0.1, -0.05) is 58.3 Å². The topological polar surface area (TPSA) is 37.3 Å². The van der Waals surface area contributed by atoms with E-state index in [0.717, 1.165) is 12.8 Å². The van der Waals surface area contributed by atoms with Crippen LogP contribution in [0.15, 0.2) is 0 Å². The van der Waals surface area contributed by atoms with E-state index < -0.39 is 5.97 Å². The Balaban J connectivity index is 0. The van der Waals surface area contributed by atoms with Gasteiger partial charge in [-0.3, -0.25) is 4.79 Å². The number of unbranched alkanes of at least 4 members (excludes halogenated alkanes) is 8. The van der Waals surface area contributed by atoms with E-state index in [1.165, 1.54) is 44.9 Å². The SMILES string of the molecule is CCCCCCCCCCCC(=O)O.[CH]. The summed E-state index contributed by atoms with van der Waals surface area (Å²) in [5.74, 6) is -0.659. The molecule has 15 heavy (non-hydrogen) atoms. The molecule has 0 heterocycles. The van der Waals surface area contributed by atoms with Gasteiger partial charge in [-0.25, -0.2) is 0 Å². The van der Waals surface area contributed by atoms with Crippen molar-refractivity contribution >= 4 is 5.97 Å². The molecule has 0 bridgehead atoms. The van der Waals surface area contributed by atoms with Crippen molar-refractivity contribution in [3.63, 3.8) is 0 Å². The van der Waals surface area contributed by atoms with E-state index in [2.05, 4.69) is 6.92 Å². The number of carboxylic acid groups (broad SMARTS) is 1. The number of hydrogen-bond acceptors (Lipinski definition) is 1. The molecule has 89 valence electrons. The van der Waals surface area contributed by atoms with Gasteiger partial charge in [-0.05, 0) is 13.8 Å². The van der Waals surface area contributed by atoms with Crippen molar-refractivity contribution in [2.75, 3.05) is 0 Å². The average Bonchev–Trinajstić information content (AvgIpc) is 2.15. The Morgan fingerprint density at radius 2 is 1.27 bits per heavy atom. The van der Waals surface area contributed by atoms with Crippen LogP contribution in [0.3, 0.4) is 0 Å². The maximum Gasteiger partial charge on any atom is 0.303 e. The molecule has 0 amide bonds. The predicted molar refractivity (Wildman–Crippen MR) is 63.8 cm³/mol. The maximum absolute atomic E-state index is 10.2. The van der Waals surface area contributed by atoms with Crippen molar-refractivity contribution in [2.45, 2.75) is 71.1 Å². The molecule has 0 aliphatic carbocycles. The van der Waals surface area contributed by atoms with Crippen LogP contribution in [0.25, 0.3) is 0 Å². The summed E-state index contributed by atoms with van der Waals surface area (Å²) in [6.07, 6.45) is 11.5. The van der Waals surface area contributed by atoms with Crippen LogP contribution in [0.2, 0.25) is 0 Å². The third-order valence-electron chi connectivity index (χ3n) is 2.49. The van der Waals surface area contributed by atoms with Crippen molar-refractivity contribution < 1.29 is 9.90 Å². The molecule has 0 unspecified atom stereocenters. The molecule has 0 saturated carbocycles. The summed E-state index contributed by atoms with van der Waals surface area (Å²) in [7, 11) is 0. The molecule has 0 saturated heterocycles. The second-order valence-corrected chi connectivity index (χ2v) is 3.97. The minimum absolute atomic E-state index is 0. The first-order valence-electron chi connectivity index (χ1n) is 5.99. The lowest BCUT2D eigenvalue weighted by Crippen LogP contribution is -1.93. The van der Waals surface area contributed by atoms with Gasteiger partial charge < -0.3 is 5.11 Å². The third-order valence-corrected chi connectivity index (χ3v) is 2.49. The van der Waals surface area contributed by atoms with E-state index in [9.17, 15) is 4.79 Å². The van der Waals surface area contributed by atoms with Gasteiger partial charge in [0, 0.05) is 6.42 Å². The zero-order chi connectivity index (χ0) is 10.6. The Labute approximate surface area is 95.1 Å². The molecule has 1 N–H and O–H groups in total. The first-order valence-corrected chi connectivity index (χ1v) is 5.99. The zero-order valence-corrected chi connectivity index (χ0v) is 10.0. The highest BCUT2D eigenvalue weighted by Crippen LogP contribution is 2.10. The second kappa shape index (κ2) is 13.5. The van der Waals surface area contributed by atoms with Crippen LogP contribution in [0.1, 0.15) is 71.1 Å². The fraction of sp³-hybridized carbons (Fsp3) is 0.846. The van der Waals surface area contributed by atoms with Crippen LogP contribution in [0.5, 0.6) is 0 Å². The molecular formula is C13H25O2. The molecule has 0 aliphatic rings. The van der Waals surface area contributed by atoms with Gasteiger partial charge in [0.05, 0.1) is 0 Å². The van der Waals surface area contributed by atoms with Crippen molar-refractivity contribution in [2.24, 2.45) is 0 Å². The minimum Gasteiger partial charge on any atom is -0.481 e. The molecule has 2 heteroatoms. The molecule has 0 aromatic carbocycles. The zero-order valence-electron chi connectivity index (χ0n) is 10.0. The lowest BCUT2D eigenvalue weighted by atomic mass is 10.1. The smallest absolute Gasteiger partial charge is 0.303 e. The lowest BCUT2D eigenvalue weighted by molar-refractivity contribution is -0.137. The van der Waals surface area contributed by atoms with Gasteiger partial charge in [-0.15, -0.1) is 0 Å². The highest BCUT2D eigenvalue weighted by Gasteiger charge is 1.96. The largest absolute Gasteiger partial charge is 0.481 e. The van der Waals surface area contributed by atoms with Gasteiger partial charge in [-0.2, -0.15) is 0 Å². The van der Waals surface area contributed by atoms with Gasteiger partial charge in [0.2, 0.25) is 0 Å². The third kappa shape index (κ3) is 16.2. The number of rotatable bonds is 10. The summed E-state index contributed by atoms with van der Waals surface area (Å²) < 4.78 is 0. The van der Waals surface area contributed by atoms with Crippen molar-refractivity contribution in [1.82, 2.24) is 0 Å². The Kier molecular flexibility index (Phi) is 15.2. The Hall–Kier alpha value is -0.530. The van der Waals surface area contributed by atoms with Crippen LogP contribution >= 0.6 is 0 Å². The summed E-state index contributed by atoms with van der Waals surface area (Å²) in [6, 6.07) is 0. The molecule has 3 radical (unpaired) electrons. The fourth-order valence-electron chi connectivity index (χ4n) is 1.59. The molecule has 0 spiro atoms. The molecule has 0 fully saturated rings. The van der Waals surface area contributed by atoms with Crippen molar-refractivity contribution in [3.05, 3.63) is 7.43 Å². The highest BCUT2D eigenvalue weighted by molar-refractivity contribution is 5.66. The molecule has 0 atom stereocenters. The summed E-state index contributed by atoms with van der Waals surface area (Å²) in [5.41, 5.74) is 0. The van der Waals surface area contributed by atoms with Crippen molar-refractivity contribution in [1.29, 1.82) is 0 Å². The van der Waals surface area contributed by atoms with Crippen LogP contribution in [-0.2, 0) is 4.79 Å². The average molecular weight is 213 g/mol. The Morgan fingerprint density at radius 1 is 0.867 bits per heavy atom. The minimum atomic E-state index is -0.659. The maximum atomic E-state index is 10.2. The summed E-state index contributed by atoms with van der Waals surface area (Å²) in [5, 5.41) is 8.41. The van der Waals surface area contributed by atoms with Gasteiger partial charge >= 0.3 is 5.97 Å². The fourth-order valence-corrected chi connectivity index (χ4v) is 1.59. The number of aliphatic carboxylic acids is 1. The standard InChI is InChI=1S/C12H24O2.CH/c1-2-3-4-5-6-7-8-9-10-11-12(13)14;/h2-11H2,1H3,(H,13,14);1H. The van der Waals surface area contributed by atoms with E-state index in [1.54, 1.807) is 0 Å². The van der Waals surface area contributed by atoms with Gasteiger partial charge in [0.25, 0.3) is 0 Å². The van der Waals surface area contributed by atoms with Crippen LogP contribution in [-0.4, -0.2) is 11.1 Å². The van der Waals surface area contributed by atoms with E-state index in [-0.39, 0.29) is 7.43 Å². The monoisotopic (exact) mass is 213 g/mol. The first kappa shape index (κ1) is 16.9. The number of carboxylic acids is 1. The summed E-state index contributed by atoms with van der Waals surface area (Å²) in [4.78, 5) is 10.2. The van der Waals surface area contributed by atoms with Crippen LogP contribution < -0.4 is 0 Å². The highest BCUT2D eigenvalue weighted by atomic mass is 16.4. The van der Waals surface area contributed by atoms with Gasteiger partial charge in [0.15, 0.2) is 0 Å². The predicted octanol–water partition coefficient (Wildman–Crippen LogP) is 4.20. The van der Waals surface area contributed by atoms with Gasteiger partial charge in [0.1, 0.15) is 0 Å². The lowest BCUT2D eigenvalue weighted by Gasteiger charge is -2.00. The first-order chi connectivity index (χ1) is 6.77. The van der Waals surface area contributed by atoms with Crippen LogP contribution in [0, 0.1) is 7.43 Å². The second-order valence-electron chi connectivity index (χ2n) is 3.97. The molecule has 0 aromatic rings. The number of carbonyl (C=O) groups is 1. The van der Waals surface area contributed by atoms with E-state index >= 15 is 0 Å². The van der Waals surface area contributed by atoms with Crippen LogP contribution in [0.4, 0.5) is 0 Å². The summed E-state index contributed by atoms with van der Waals surface area (Å²) >= 11 is 0. The van der Waals surface area contributed by atoms with Crippen molar-refractivity contribution in [3.8, 4) is 0 Å². The molecular weight excluding hydrogens is 188 g/mol. The summed E-state index contributed by atoms with van der Waals surface area (Å²) in [6.45, 7) is 2.23. The number of hydrogen-bond donors (Lipinski definition) is 1.